The van der Waals surface area contributed by atoms with Crippen LogP contribution < -0.4 is 10.6 Å². The molecule has 0 unspecified atom stereocenters. The van der Waals surface area contributed by atoms with Crippen LogP contribution in [0.2, 0.25) is 0 Å². The third-order valence-electron chi connectivity index (χ3n) is 4.54. The molecule has 0 fully saturated rings. The fourth-order valence-electron chi connectivity index (χ4n) is 3.05. The van der Waals surface area contributed by atoms with E-state index in [9.17, 15) is 14.1 Å². The van der Waals surface area contributed by atoms with E-state index >= 15 is 0 Å². The topological polar surface area (TPSA) is 76.0 Å². The van der Waals surface area contributed by atoms with Gasteiger partial charge in [-0.25, -0.2) is 0 Å². The SMILES string of the molecule is Cc1ccc(NC(=O)c2cc3ccccc3n2F)cc1C(=O)Nc1cccnc1. The highest BCUT2D eigenvalue weighted by Gasteiger charge is 2.17. The summed E-state index contributed by atoms with van der Waals surface area (Å²) in [6.45, 7) is 1.79. The molecule has 0 saturated heterocycles. The van der Waals surface area contributed by atoms with Gasteiger partial charge < -0.3 is 10.6 Å². The zero-order valence-electron chi connectivity index (χ0n) is 15.5. The van der Waals surface area contributed by atoms with Gasteiger partial charge >= 0.3 is 0 Å². The van der Waals surface area contributed by atoms with Crippen molar-refractivity contribution in [3.63, 3.8) is 0 Å². The van der Waals surface area contributed by atoms with Crippen molar-refractivity contribution in [1.82, 2.24) is 9.77 Å². The lowest BCUT2D eigenvalue weighted by molar-refractivity contribution is 0.1000. The number of carbonyl (C=O) groups is 2. The zero-order chi connectivity index (χ0) is 20.4. The highest BCUT2D eigenvalue weighted by atomic mass is 19.2. The van der Waals surface area contributed by atoms with Gasteiger partial charge in [0.1, 0.15) is 5.69 Å². The Balaban J connectivity index is 1.57. The quantitative estimate of drug-likeness (QED) is 0.537. The van der Waals surface area contributed by atoms with Gasteiger partial charge in [-0.2, -0.15) is 4.79 Å². The molecule has 2 heterocycles. The van der Waals surface area contributed by atoms with Crippen LogP contribution in [0.5, 0.6) is 0 Å². The molecule has 0 radical (unpaired) electrons. The predicted octanol–water partition coefficient (Wildman–Crippen LogP) is 4.58. The number of carbonyl (C=O) groups excluding carboxylic acids is 2. The van der Waals surface area contributed by atoms with E-state index in [0.717, 1.165) is 5.56 Å². The van der Waals surface area contributed by atoms with Crippen molar-refractivity contribution >= 4 is 34.1 Å². The summed E-state index contributed by atoms with van der Waals surface area (Å²) in [5.74, 6) is -0.933. The molecule has 0 aliphatic heterocycles. The van der Waals surface area contributed by atoms with Crippen molar-refractivity contribution in [2.45, 2.75) is 6.92 Å². The first-order chi connectivity index (χ1) is 14.0. The molecule has 4 aromatic rings. The van der Waals surface area contributed by atoms with E-state index in [-0.39, 0.29) is 11.6 Å². The summed E-state index contributed by atoms with van der Waals surface area (Å²) in [4.78, 5) is 29.5. The number of amides is 2. The summed E-state index contributed by atoms with van der Waals surface area (Å²) in [6, 6.07) is 16.7. The zero-order valence-corrected chi connectivity index (χ0v) is 15.5. The van der Waals surface area contributed by atoms with Gasteiger partial charge in [-0.05, 0) is 48.9 Å². The van der Waals surface area contributed by atoms with Crippen molar-refractivity contribution in [2.75, 3.05) is 10.6 Å². The van der Waals surface area contributed by atoms with E-state index in [2.05, 4.69) is 15.6 Å². The minimum absolute atomic E-state index is 0.117. The molecule has 0 aliphatic rings. The van der Waals surface area contributed by atoms with Crippen molar-refractivity contribution < 1.29 is 14.1 Å². The second-order valence-electron chi connectivity index (χ2n) is 6.55. The van der Waals surface area contributed by atoms with Gasteiger partial charge in [0.2, 0.25) is 0 Å². The van der Waals surface area contributed by atoms with Crippen LogP contribution in [0.3, 0.4) is 0 Å². The summed E-state index contributed by atoms with van der Waals surface area (Å²) in [5, 5.41) is 6.04. The number of aromatic nitrogens is 2. The van der Waals surface area contributed by atoms with Crippen molar-refractivity contribution in [3.05, 3.63) is 89.9 Å². The fraction of sp³-hybridized carbons (Fsp3) is 0.0455. The number of fused-ring (bicyclic) bond motifs is 1. The monoisotopic (exact) mass is 388 g/mol. The Morgan fingerprint density at radius 3 is 2.48 bits per heavy atom. The third-order valence-corrected chi connectivity index (χ3v) is 4.54. The second-order valence-corrected chi connectivity index (χ2v) is 6.55. The Morgan fingerprint density at radius 2 is 1.72 bits per heavy atom. The number of para-hydroxylation sites is 1. The summed E-state index contributed by atoms with van der Waals surface area (Å²) in [6.07, 6.45) is 3.15. The van der Waals surface area contributed by atoms with E-state index < -0.39 is 5.91 Å². The smallest absolute Gasteiger partial charge is 0.275 e. The molecular formula is C22H17FN4O2. The predicted molar refractivity (Wildman–Crippen MR) is 110 cm³/mol. The first kappa shape index (κ1) is 18.4. The van der Waals surface area contributed by atoms with Crippen LogP contribution in [0.4, 0.5) is 15.9 Å². The van der Waals surface area contributed by atoms with Gasteiger partial charge in [-0.3, -0.25) is 14.6 Å². The highest BCUT2D eigenvalue weighted by Crippen LogP contribution is 2.22. The maximum Gasteiger partial charge on any atom is 0.275 e. The Hall–Kier alpha value is -4.00. The Bertz CT molecular complexity index is 1220. The van der Waals surface area contributed by atoms with Gasteiger partial charge in [-0.1, -0.05) is 28.7 Å². The molecule has 6 nitrogen and oxygen atoms in total. The van der Waals surface area contributed by atoms with Crippen LogP contribution in [0.15, 0.2) is 73.1 Å². The number of nitrogens with one attached hydrogen (secondary N) is 2. The molecule has 4 rings (SSSR count). The van der Waals surface area contributed by atoms with E-state index in [1.807, 2.05) is 0 Å². The number of benzene rings is 2. The molecule has 2 aromatic carbocycles. The number of nitrogens with zero attached hydrogens (tertiary/aromatic N) is 2. The maximum atomic E-state index is 14.5. The van der Waals surface area contributed by atoms with E-state index in [1.165, 1.54) is 6.07 Å². The van der Waals surface area contributed by atoms with E-state index in [0.29, 0.717) is 32.6 Å². The molecule has 2 amide bonds. The second kappa shape index (κ2) is 7.55. The normalized spacial score (nSPS) is 10.7. The lowest BCUT2D eigenvalue weighted by Gasteiger charge is -2.11. The molecule has 0 spiro atoms. The van der Waals surface area contributed by atoms with Crippen molar-refractivity contribution in [1.29, 1.82) is 0 Å². The van der Waals surface area contributed by atoms with Gasteiger partial charge in [0.15, 0.2) is 0 Å². The standard InChI is InChI=1S/C22H17FN4O2/c1-14-8-9-16(12-18(14)21(28)26-17-6-4-10-24-13-17)25-22(29)20-11-15-5-2-3-7-19(15)27(20)23/h2-13H,1H3,(H,25,29)(H,26,28). The lowest BCUT2D eigenvalue weighted by atomic mass is 10.1. The number of aryl methyl sites for hydroxylation is 1. The van der Waals surface area contributed by atoms with Crippen LogP contribution in [0.25, 0.3) is 10.9 Å². The van der Waals surface area contributed by atoms with Crippen LogP contribution in [0, 0.1) is 6.92 Å². The number of hydrogen-bond donors (Lipinski definition) is 2. The minimum Gasteiger partial charge on any atom is -0.321 e. The maximum absolute atomic E-state index is 14.5. The van der Waals surface area contributed by atoms with Crippen LogP contribution >= 0.6 is 0 Å². The molecule has 2 aromatic heterocycles. The van der Waals surface area contributed by atoms with Crippen molar-refractivity contribution in [2.24, 2.45) is 0 Å². The lowest BCUT2D eigenvalue weighted by Crippen LogP contribution is -2.17. The number of pyridine rings is 1. The fourth-order valence-corrected chi connectivity index (χ4v) is 3.05. The summed E-state index contributed by atoms with van der Waals surface area (Å²) < 4.78 is 14.5. The number of hydrogen-bond acceptors (Lipinski definition) is 3. The third kappa shape index (κ3) is 3.70. The summed E-state index contributed by atoms with van der Waals surface area (Å²) >= 11 is 0. The Labute approximate surface area is 165 Å². The van der Waals surface area contributed by atoms with E-state index in [4.69, 9.17) is 0 Å². The average molecular weight is 388 g/mol. The number of anilines is 2. The number of rotatable bonds is 4. The molecule has 0 atom stereocenters. The first-order valence-corrected chi connectivity index (χ1v) is 8.93. The molecular weight excluding hydrogens is 371 g/mol. The average Bonchev–Trinajstić information content (AvgIpc) is 3.07. The molecule has 144 valence electrons. The summed E-state index contributed by atoms with van der Waals surface area (Å²) in [7, 11) is 0. The van der Waals surface area contributed by atoms with Crippen LogP contribution in [-0.2, 0) is 0 Å². The van der Waals surface area contributed by atoms with Gasteiger partial charge in [0.05, 0.1) is 17.4 Å². The molecule has 29 heavy (non-hydrogen) atoms. The van der Waals surface area contributed by atoms with Crippen molar-refractivity contribution in [3.8, 4) is 0 Å². The van der Waals surface area contributed by atoms with E-state index in [1.54, 1.807) is 73.9 Å². The Morgan fingerprint density at radius 1 is 0.931 bits per heavy atom. The molecule has 0 aliphatic carbocycles. The van der Waals surface area contributed by atoms with Crippen LogP contribution in [-0.4, -0.2) is 21.6 Å². The van der Waals surface area contributed by atoms with Gasteiger partial charge in [0.25, 0.3) is 11.8 Å². The highest BCUT2D eigenvalue weighted by molar-refractivity contribution is 6.08. The van der Waals surface area contributed by atoms with Gasteiger partial charge in [-0.15, -0.1) is 0 Å². The first-order valence-electron chi connectivity index (χ1n) is 8.93. The molecule has 2 N–H and O–H groups in total. The van der Waals surface area contributed by atoms with Gasteiger partial charge in [0, 0.05) is 22.8 Å². The molecule has 0 bridgehead atoms. The molecule has 7 heteroatoms. The summed E-state index contributed by atoms with van der Waals surface area (Å²) in [5.41, 5.74) is 2.29. The Kier molecular flexibility index (Phi) is 4.78. The number of halogens is 1. The largest absolute Gasteiger partial charge is 0.321 e. The molecule has 0 saturated carbocycles. The van der Waals surface area contributed by atoms with Crippen LogP contribution in [0.1, 0.15) is 26.4 Å². The minimum atomic E-state index is -0.605.